The number of likely N-dealkylation sites (tertiary alicyclic amines) is 1. The van der Waals surface area contributed by atoms with E-state index in [0.717, 1.165) is 37.6 Å². The van der Waals surface area contributed by atoms with Crippen molar-refractivity contribution in [2.45, 2.75) is 18.6 Å². The maximum atomic E-state index is 10.1. The van der Waals surface area contributed by atoms with Gasteiger partial charge in [0.05, 0.1) is 0 Å². The summed E-state index contributed by atoms with van der Waals surface area (Å²) in [6, 6.07) is 15.9. The minimum Gasteiger partial charge on any atom is -0.491 e. The van der Waals surface area contributed by atoms with E-state index in [1.165, 1.54) is 11.3 Å². The quantitative estimate of drug-likeness (QED) is 0.809. The third kappa shape index (κ3) is 4.06. The molecule has 0 aromatic heterocycles. The number of nitrogens with one attached hydrogen (secondary N) is 1. The second-order valence-electron chi connectivity index (χ2n) is 6.73. The lowest BCUT2D eigenvalue weighted by Gasteiger charge is -2.39. The highest BCUT2D eigenvalue weighted by Gasteiger charge is 2.30. The molecular formula is C20H24N2O3. The second kappa shape index (κ2) is 7.33. The Labute approximate surface area is 148 Å². The fraction of sp³-hybridized carbons (Fsp3) is 0.400. The first-order valence-electron chi connectivity index (χ1n) is 8.88. The van der Waals surface area contributed by atoms with Crippen molar-refractivity contribution in [3.63, 3.8) is 0 Å². The van der Waals surface area contributed by atoms with Gasteiger partial charge in [-0.3, -0.25) is 4.90 Å². The van der Waals surface area contributed by atoms with Crippen molar-refractivity contribution in [3.8, 4) is 11.5 Å². The molecule has 132 valence electrons. The molecular weight excluding hydrogens is 316 g/mol. The number of hydrogen-bond donors (Lipinski definition) is 2. The highest BCUT2D eigenvalue weighted by atomic mass is 16.5. The van der Waals surface area contributed by atoms with Crippen LogP contribution in [0.3, 0.4) is 0 Å². The van der Waals surface area contributed by atoms with Gasteiger partial charge in [-0.15, -0.1) is 0 Å². The second-order valence-corrected chi connectivity index (χ2v) is 6.73. The van der Waals surface area contributed by atoms with Crippen LogP contribution in [0.15, 0.2) is 48.5 Å². The number of hydrogen-bond acceptors (Lipinski definition) is 5. The summed E-state index contributed by atoms with van der Waals surface area (Å²) in [6.07, 6.45) is 0.776. The lowest BCUT2D eigenvalue weighted by Crippen LogP contribution is -2.56. The molecule has 2 aliphatic heterocycles. The van der Waals surface area contributed by atoms with E-state index in [9.17, 15) is 5.11 Å². The van der Waals surface area contributed by atoms with Gasteiger partial charge in [0.25, 0.3) is 0 Å². The Kier molecular flexibility index (Phi) is 4.76. The van der Waals surface area contributed by atoms with Crippen molar-refractivity contribution in [2.75, 3.05) is 38.1 Å². The molecule has 0 spiro atoms. The summed E-state index contributed by atoms with van der Waals surface area (Å²) in [4.78, 5) is 2.19. The predicted molar refractivity (Wildman–Crippen MR) is 97.4 cm³/mol. The summed E-state index contributed by atoms with van der Waals surface area (Å²) in [7, 11) is 0. The first-order valence-corrected chi connectivity index (χ1v) is 8.88. The summed E-state index contributed by atoms with van der Waals surface area (Å²) < 4.78 is 11.6. The van der Waals surface area contributed by atoms with E-state index in [1.54, 1.807) is 0 Å². The molecule has 0 bridgehead atoms. The number of β-amino-alcohol motifs (C(OH)–C–C–N with tert-alkyl or cyclic N) is 1. The first kappa shape index (κ1) is 16.2. The normalized spacial score (nSPS) is 18.1. The average Bonchev–Trinajstić information content (AvgIpc) is 3.07. The van der Waals surface area contributed by atoms with Crippen molar-refractivity contribution in [3.05, 3.63) is 54.1 Å². The topological polar surface area (TPSA) is 54.0 Å². The van der Waals surface area contributed by atoms with E-state index >= 15 is 0 Å². The molecule has 1 unspecified atom stereocenters. The molecule has 1 saturated heterocycles. The standard InChI is InChI=1S/C20H24N2O3/c23-16(14-24-17-4-2-1-3-5-17)11-22-12-19(13-22)25-18-6-7-20-15(10-18)8-9-21-20/h1-7,10,16,19,21,23H,8-9,11-14H2. The summed E-state index contributed by atoms with van der Waals surface area (Å²) in [6.45, 7) is 3.62. The van der Waals surface area contributed by atoms with Gasteiger partial charge in [0, 0.05) is 31.9 Å². The fourth-order valence-corrected chi connectivity index (χ4v) is 3.35. The molecule has 5 nitrogen and oxygen atoms in total. The van der Waals surface area contributed by atoms with Crippen LogP contribution in [0, 0.1) is 0 Å². The molecule has 1 atom stereocenters. The lowest BCUT2D eigenvalue weighted by atomic mass is 10.1. The van der Waals surface area contributed by atoms with Gasteiger partial charge in [-0.1, -0.05) is 18.2 Å². The van der Waals surface area contributed by atoms with Crippen molar-refractivity contribution >= 4 is 5.69 Å². The number of aliphatic hydroxyl groups excluding tert-OH is 1. The summed E-state index contributed by atoms with van der Waals surface area (Å²) in [5.74, 6) is 1.73. The van der Waals surface area contributed by atoms with E-state index in [4.69, 9.17) is 9.47 Å². The Hall–Kier alpha value is -2.24. The van der Waals surface area contributed by atoms with E-state index in [-0.39, 0.29) is 6.10 Å². The molecule has 2 N–H and O–H groups in total. The zero-order valence-corrected chi connectivity index (χ0v) is 14.2. The Bertz CT molecular complexity index is 701. The SMILES string of the molecule is OC(COc1ccccc1)CN1CC(Oc2ccc3c(c2)CCN3)C1. The van der Waals surface area contributed by atoms with Gasteiger partial charge in [-0.05, 0) is 42.3 Å². The summed E-state index contributed by atoms with van der Waals surface area (Å²) >= 11 is 0. The lowest BCUT2D eigenvalue weighted by molar-refractivity contribution is -0.0174. The third-order valence-corrected chi connectivity index (χ3v) is 4.67. The van der Waals surface area contributed by atoms with Crippen LogP contribution in [0.4, 0.5) is 5.69 Å². The van der Waals surface area contributed by atoms with Crippen LogP contribution in [0.2, 0.25) is 0 Å². The van der Waals surface area contributed by atoms with Crippen LogP contribution in [-0.2, 0) is 6.42 Å². The number of aliphatic hydroxyl groups is 1. The van der Waals surface area contributed by atoms with E-state index < -0.39 is 6.10 Å². The van der Waals surface area contributed by atoms with Crippen LogP contribution >= 0.6 is 0 Å². The molecule has 0 aliphatic carbocycles. The first-order chi connectivity index (χ1) is 12.3. The van der Waals surface area contributed by atoms with Crippen LogP contribution < -0.4 is 14.8 Å². The van der Waals surface area contributed by atoms with Gasteiger partial charge < -0.3 is 19.9 Å². The van der Waals surface area contributed by atoms with Crippen molar-refractivity contribution in [1.82, 2.24) is 4.90 Å². The number of nitrogens with zero attached hydrogens (tertiary/aromatic N) is 1. The van der Waals surface area contributed by atoms with Crippen molar-refractivity contribution in [1.29, 1.82) is 0 Å². The van der Waals surface area contributed by atoms with Gasteiger partial charge in [0.15, 0.2) is 0 Å². The Morgan fingerprint density at radius 1 is 1.12 bits per heavy atom. The Morgan fingerprint density at radius 2 is 1.96 bits per heavy atom. The van der Waals surface area contributed by atoms with Gasteiger partial charge >= 0.3 is 0 Å². The van der Waals surface area contributed by atoms with Gasteiger partial charge in [0.1, 0.15) is 30.3 Å². The average molecular weight is 340 g/mol. The van der Waals surface area contributed by atoms with E-state index in [0.29, 0.717) is 13.2 Å². The van der Waals surface area contributed by atoms with Crippen molar-refractivity contribution in [2.24, 2.45) is 0 Å². The van der Waals surface area contributed by atoms with Crippen LogP contribution in [0.5, 0.6) is 11.5 Å². The van der Waals surface area contributed by atoms with Crippen LogP contribution in [-0.4, -0.2) is 55.0 Å². The molecule has 0 saturated carbocycles. The van der Waals surface area contributed by atoms with E-state index in [2.05, 4.69) is 22.3 Å². The number of rotatable bonds is 7. The van der Waals surface area contributed by atoms with Crippen molar-refractivity contribution < 1.29 is 14.6 Å². The molecule has 25 heavy (non-hydrogen) atoms. The monoisotopic (exact) mass is 340 g/mol. The minimum atomic E-state index is -0.493. The predicted octanol–water partition coefficient (Wildman–Crippen LogP) is 2.16. The zero-order chi connectivity index (χ0) is 17.1. The number of fused-ring (bicyclic) bond motifs is 1. The Balaban J connectivity index is 1.17. The molecule has 0 radical (unpaired) electrons. The van der Waals surface area contributed by atoms with Gasteiger partial charge in [-0.2, -0.15) is 0 Å². The Morgan fingerprint density at radius 3 is 2.80 bits per heavy atom. The van der Waals surface area contributed by atoms with Gasteiger partial charge in [-0.25, -0.2) is 0 Å². The molecule has 2 aliphatic rings. The summed E-state index contributed by atoms with van der Waals surface area (Å²) in [5, 5.41) is 13.5. The van der Waals surface area contributed by atoms with Crippen LogP contribution in [0.1, 0.15) is 5.56 Å². The number of ether oxygens (including phenoxy) is 2. The van der Waals surface area contributed by atoms with Gasteiger partial charge in [0.2, 0.25) is 0 Å². The zero-order valence-electron chi connectivity index (χ0n) is 14.2. The molecule has 4 rings (SSSR count). The minimum absolute atomic E-state index is 0.203. The maximum absolute atomic E-state index is 10.1. The molecule has 0 amide bonds. The number of benzene rings is 2. The molecule has 5 heteroatoms. The highest BCUT2D eigenvalue weighted by molar-refractivity contribution is 5.57. The fourth-order valence-electron chi connectivity index (χ4n) is 3.35. The number of para-hydroxylation sites is 1. The van der Waals surface area contributed by atoms with Crippen LogP contribution in [0.25, 0.3) is 0 Å². The molecule has 2 aromatic carbocycles. The third-order valence-electron chi connectivity index (χ3n) is 4.67. The largest absolute Gasteiger partial charge is 0.491 e. The smallest absolute Gasteiger partial charge is 0.124 e. The molecule has 2 heterocycles. The number of anilines is 1. The molecule has 1 fully saturated rings. The maximum Gasteiger partial charge on any atom is 0.124 e. The summed E-state index contributed by atoms with van der Waals surface area (Å²) in [5.41, 5.74) is 2.56. The highest BCUT2D eigenvalue weighted by Crippen LogP contribution is 2.28. The van der Waals surface area contributed by atoms with E-state index in [1.807, 2.05) is 36.4 Å². The molecule has 2 aromatic rings.